The van der Waals surface area contributed by atoms with Crippen LogP contribution >= 0.6 is 0 Å². The molecule has 0 bridgehead atoms. The molecule has 0 spiro atoms. The second-order valence-corrected chi connectivity index (χ2v) is 4.44. The average Bonchev–Trinajstić information content (AvgIpc) is 2.55. The third kappa shape index (κ3) is 4.81. The van der Waals surface area contributed by atoms with E-state index in [1.54, 1.807) is 48.5 Å². The van der Waals surface area contributed by atoms with Gasteiger partial charge >= 0.3 is 6.18 Å². The van der Waals surface area contributed by atoms with Crippen LogP contribution < -0.4 is 0 Å². The molecule has 0 aliphatic carbocycles. The van der Waals surface area contributed by atoms with E-state index in [4.69, 9.17) is 4.84 Å². The maximum Gasteiger partial charge on any atom is 0.454 e. The predicted molar refractivity (Wildman–Crippen MR) is 79.8 cm³/mol. The molecule has 23 heavy (non-hydrogen) atoms. The SMILES string of the molecule is O=C(C=CON=C(c1ccccc1)c1ccccc1)C(F)(F)F. The molecule has 6 heteroatoms. The van der Waals surface area contributed by atoms with Crippen LogP contribution in [-0.2, 0) is 9.63 Å². The van der Waals surface area contributed by atoms with Gasteiger partial charge in [0, 0.05) is 17.2 Å². The molecule has 0 unspecified atom stereocenters. The van der Waals surface area contributed by atoms with Crippen LogP contribution in [0, 0.1) is 0 Å². The fraction of sp³-hybridized carbons (Fsp3) is 0.0588. The van der Waals surface area contributed by atoms with Gasteiger partial charge in [-0.15, -0.1) is 0 Å². The standard InChI is InChI=1S/C17H12F3NO2/c18-17(19,20)15(22)11-12-23-21-16(13-7-3-1-4-8-13)14-9-5-2-6-10-14/h1-12H. The molecule has 2 aromatic carbocycles. The van der Waals surface area contributed by atoms with Gasteiger partial charge in [0.1, 0.15) is 12.0 Å². The van der Waals surface area contributed by atoms with Crippen molar-refractivity contribution in [3.63, 3.8) is 0 Å². The van der Waals surface area contributed by atoms with E-state index in [-0.39, 0.29) is 6.08 Å². The van der Waals surface area contributed by atoms with Crippen molar-refractivity contribution in [3.05, 3.63) is 84.1 Å². The summed E-state index contributed by atoms with van der Waals surface area (Å²) in [6.07, 6.45) is -4.02. The lowest BCUT2D eigenvalue weighted by atomic mass is 10.0. The largest absolute Gasteiger partial charge is 0.454 e. The monoisotopic (exact) mass is 319 g/mol. The Balaban J connectivity index is 2.22. The predicted octanol–water partition coefficient (Wildman–Crippen LogP) is 4.10. The van der Waals surface area contributed by atoms with Crippen molar-refractivity contribution in [3.8, 4) is 0 Å². The Hall–Kier alpha value is -2.89. The van der Waals surface area contributed by atoms with Gasteiger partial charge in [-0.25, -0.2) is 0 Å². The van der Waals surface area contributed by atoms with Gasteiger partial charge in [-0.2, -0.15) is 13.2 Å². The lowest BCUT2D eigenvalue weighted by molar-refractivity contribution is -0.165. The molecular weight excluding hydrogens is 307 g/mol. The number of benzene rings is 2. The zero-order valence-electron chi connectivity index (χ0n) is 11.8. The topological polar surface area (TPSA) is 38.7 Å². The van der Waals surface area contributed by atoms with E-state index in [9.17, 15) is 18.0 Å². The Morgan fingerprint density at radius 2 is 1.39 bits per heavy atom. The van der Waals surface area contributed by atoms with Crippen LogP contribution in [0.3, 0.4) is 0 Å². The summed E-state index contributed by atoms with van der Waals surface area (Å²) >= 11 is 0. The van der Waals surface area contributed by atoms with Gasteiger partial charge in [-0.3, -0.25) is 4.79 Å². The second-order valence-electron chi connectivity index (χ2n) is 4.44. The van der Waals surface area contributed by atoms with E-state index < -0.39 is 12.0 Å². The molecule has 3 nitrogen and oxygen atoms in total. The van der Waals surface area contributed by atoms with E-state index in [1.807, 2.05) is 12.1 Å². The number of alkyl halides is 3. The zero-order chi connectivity index (χ0) is 16.7. The maximum atomic E-state index is 12.1. The summed E-state index contributed by atoms with van der Waals surface area (Å²) in [5, 5.41) is 3.83. The van der Waals surface area contributed by atoms with Crippen molar-refractivity contribution in [2.45, 2.75) is 6.18 Å². The fourth-order valence-corrected chi connectivity index (χ4v) is 1.73. The van der Waals surface area contributed by atoms with Crippen LogP contribution in [0.2, 0.25) is 0 Å². The van der Waals surface area contributed by atoms with Crippen molar-refractivity contribution in [1.29, 1.82) is 0 Å². The summed E-state index contributed by atoms with van der Waals surface area (Å²) in [6.45, 7) is 0. The summed E-state index contributed by atoms with van der Waals surface area (Å²) in [4.78, 5) is 15.5. The molecule has 0 aliphatic heterocycles. The first-order valence-electron chi connectivity index (χ1n) is 6.61. The first kappa shape index (κ1) is 16.5. The Bertz CT molecular complexity index is 666. The summed E-state index contributed by atoms with van der Waals surface area (Å²) in [6, 6.07) is 18.0. The zero-order valence-corrected chi connectivity index (χ0v) is 11.8. The number of carbonyl (C=O) groups excluding carboxylic acids is 1. The van der Waals surface area contributed by atoms with Crippen molar-refractivity contribution >= 4 is 11.5 Å². The van der Waals surface area contributed by atoms with Gasteiger partial charge < -0.3 is 4.84 Å². The van der Waals surface area contributed by atoms with Gasteiger partial charge in [0.2, 0.25) is 0 Å². The highest BCUT2D eigenvalue weighted by Crippen LogP contribution is 2.16. The first-order chi connectivity index (χ1) is 11.0. The molecule has 0 atom stereocenters. The van der Waals surface area contributed by atoms with Crippen LogP contribution in [0.5, 0.6) is 0 Å². The fourth-order valence-electron chi connectivity index (χ4n) is 1.73. The van der Waals surface area contributed by atoms with Crippen LogP contribution in [0.1, 0.15) is 11.1 Å². The number of halogens is 3. The minimum atomic E-state index is -4.93. The molecular formula is C17H12F3NO2. The Kier molecular flexibility index (Phi) is 5.30. The third-order valence-electron chi connectivity index (χ3n) is 2.80. The lowest BCUT2D eigenvalue weighted by Crippen LogP contribution is -2.19. The van der Waals surface area contributed by atoms with Gasteiger partial charge in [0.25, 0.3) is 5.78 Å². The van der Waals surface area contributed by atoms with Crippen LogP contribution in [-0.4, -0.2) is 17.7 Å². The Morgan fingerprint density at radius 1 is 0.913 bits per heavy atom. The summed E-state index contributed by atoms with van der Waals surface area (Å²) in [5.41, 5.74) is 1.90. The van der Waals surface area contributed by atoms with Gasteiger partial charge in [-0.1, -0.05) is 65.8 Å². The number of rotatable bonds is 5. The molecule has 0 saturated carbocycles. The minimum absolute atomic E-state index is 0.289. The molecule has 0 radical (unpaired) electrons. The highest BCUT2D eigenvalue weighted by molar-refractivity contribution is 6.12. The number of hydrogen-bond acceptors (Lipinski definition) is 3. The van der Waals surface area contributed by atoms with Crippen LogP contribution in [0.15, 0.2) is 78.2 Å². The quantitative estimate of drug-likeness (QED) is 0.360. The van der Waals surface area contributed by atoms with E-state index in [0.717, 1.165) is 11.1 Å². The van der Waals surface area contributed by atoms with Crippen molar-refractivity contribution in [2.75, 3.05) is 0 Å². The number of allylic oxidation sites excluding steroid dienone is 1. The van der Waals surface area contributed by atoms with E-state index in [0.29, 0.717) is 12.0 Å². The molecule has 2 rings (SSSR count). The summed E-state index contributed by atoms with van der Waals surface area (Å²) in [7, 11) is 0. The number of hydrogen-bond donors (Lipinski definition) is 0. The number of ketones is 1. The van der Waals surface area contributed by atoms with Crippen LogP contribution in [0.25, 0.3) is 0 Å². The normalized spacial score (nSPS) is 11.3. The number of carbonyl (C=O) groups is 1. The van der Waals surface area contributed by atoms with Gasteiger partial charge in [0.05, 0.1) is 0 Å². The highest BCUT2D eigenvalue weighted by Gasteiger charge is 2.36. The minimum Gasteiger partial charge on any atom is -0.364 e. The maximum absolute atomic E-state index is 12.1. The second kappa shape index (κ2) is 7.40. The van der Waals surface area contributed by atoms with Gasteiger partial charge in [-0.05, 0) is 0 Å². The van der Waals surface area contributed by atoms with Crippen molar-refractivity contribution < 1.29 is 22.8 Å². The number of oxime groups is 1. The smallest absolute Gasteiger partial charge is 0.364 e. The third-order valence-corrected chi connectivity index (χ3v) is 2.80. The average molecular weight is 319 g/mol. The van der Waals surface area contributed by atoms with E-state index >= 15 is 0 Å². The molecule has 0 heterocycles. The molecule has 2 aromatic rings. The first-order valence-corrected chi connectivity index (χ1v) is 6.61. The summed E-state index contributed by atoms with van der Waals surface area (Å²) < 4.78 is 36.2. The van der Waals surface area contributed by atoms with Crippen LogP contribution in [0.4, 0.5) is 13.2 Å². The molecule has 0 amide bonds. The summed E-state index contributed by atoms with van der Waals surface area (Å²) in [5.74, 6) is -2.01. The molecule has 0 N–H and O–H groups in total. The van der Waals surface area contributed by atoms with Crippen molar-refractivity contribution in [2.24, 2.45) is 5.16 Å². The Morgan fingerprint density at radius 3 is 1.83 bits per heavy atom. The molecule has 0 aromatic heterocycles. The lowest BCUT2D eigenvalue weighted by Gasteiger charge is -2.05. The molecule has 0 saturated heterocycles. The molecule has 0 fully saturated rings. The van der Waals surface area contributed by atoms with E-state index in [2.05, 4.69) is 5.16 Å². The molecule has 118 valence electrons. The molecule has 0 aliphatic rings. The van der Waals surface area contributed by atoms with Gasteiger partial charge in [0.15, 0.2) is 0 Å². The van der Waals surface area contributed by atoms with E-state index in [1.165, 1.54) is 0 Å². The Labute approximate surface area is 130 Å². The van der Waals surface area contributed by atoms with Crippen molar-refractivity contribution in [1.82, 2.24) is 0 Å². The highest BCUT2D eigenvalue weighted by atomic mass is 19.4. The number of nitrogens with zero attached hydrogens (tertiary/aromatic N) is 1.